The summed E-state index contributed by atoms with van der Waals surface area (Å²) in [6.45, 7) is 2.06. The molecule has 0 radical (unpaired) electrons. The van der Waals surface area contributed by atoms with Gasteiger partial charge in [0.25, 0.3) is 5.91 Å². The van der Waals surface area contributed by atoms with Gasteiger partial charge >= 0.3 is 0 Å². The van der Waals surface area contributed by atoms with Gasteiger partial charge in [0.2, 0.25) is 0 Å². The van der Waals surface area contributed by atoms with Crippen LogP contribution in [0.3, 0.4) is 0 Å². The maximum Gasteiger partial charge on any atom is 0.251 e. The zero-order chi connectivity index (χ0) is 16.4. The molecule has 2 atom stereocenters. The van der Waals surface area contributed by atoms with Gasteiger partial charge in [-0.05, 0) is 48.6 Å². The Labute approximate surface area is 146 Å². The van der Waals surface area contributed by atoms with Crippen LogP contribution in [0, 0.1) is 0 Å². The van der Waals surface area contributed by atoms with Crippen molar-refractivity contribution in [1.82, 2.24) is 5.32 Å². The Balaban J connectivity index is 1.74. The maximum absolute atomic E-state index is 12.6. The van der Waals surface area contributed by atoms with E-state index in [0.29, 0.717) is 10.0 Å². The van der Waals surface area contributed by atoms with Crippen LogP contribution in [0.15, 0.2) is 42.5 Å². The molecule has 0 bridgehead atoms. The summed E-state index contributed by atoms with van der Waals surface area (Å²) < 4.78 is 0. The predicted octanol–water partition coefficient (Wildman–Crippen LogP) is 5.23. The summed E-state index contributed by atoms with van der Waals surface area (Å²) in [6, 6.07) is 13.5. The standard InChI is InChI=1S/C19H19Cl2NO/c1-2-12-5-3-4-6-14(12)19(23)22-18-10-9-16(18)15-8-7-13(20)11-17(15)21/h3-8,11,16,18H,2,9-10H2,1H3,(H,22,23). The summed E-state index contributed by atoms with van der Waals surface area (Å²) in [5, 5.41) is 4.48. The van der Waals surface area contributed by atoms with Crippen molar-refractivity contribution in [2.75, 3.05) is 0 Å². The van der Waals surface area contributed by atoms with Crippen LogP contribution in [0.2, 0.25) is 10.0 Å². The van der Waals surface area contributed by atoms with Gasteiger partial charge in [-0.1, -0.05) is 54.4 Å². The number of hydrogen-bond acceptors (Lipinski definition) is 1. The largest absolute Gasteiger partial charge is 0.349 e. The molecule has 1 aliphatic rings. The molecule has 3 rings (SSSR count). The van der Waals surface area contributed by atoms with E-state index in [2.05, 4.69) is 12.2 Å². The highest BCUT2D eigenvalue weighted by atomic mass is 35.5. The average Bonchev–Trinajstić information content (AvgIpc) is 2.53. The molecular weight excluding hydrogens is 329 g/mol. The van der Waals surface area contributed by atoms with Crippen LogP contribution in [0.4, 0.5) is 0 Å². The summed E-state index contributed by atoms with van der Waals surface area (Å²) in [5.41, 5.74) is 2.91. The number of halogens is 2. The lowest BCUT2D eigenvalue weighted by atomic mass is 9.75. The van der Waals surface area contributed by atoms with Gasteiger partial charge in [-0.3, -0.25) is 4.79 Å². The van der Waals surface area contributed by atoms with Crippen molar-refractivity contribution in [1.29, 1.82) is 0 Å². The van der Waals surface area contributed by atoms with Crippen LogP contribution in [-0.4, -0.2) is 11.9 Å². The minimum absolute atomic E-state index is 0.00207. The Morgan fingerprint density at radius 1 is 1.17 bits per heavy atom. The average molecular weight is 348 g/mol. The Hall–Kier alpha value is -1.51. The van der Waals surface area contributed by atoms with E-state index in [1.807, 2.05) is 36.4 Å². The number of rotatable bonds is 4. The molecule has 0 heterocycles. The molecule has 0 aliphatic heterocycles. The molecule has 2 aromatic carbocycles. The number of hydrogen-bond donors (Lipinski definition) is 1. The third-order valence-corrected chi connectivity index (χ3v) is 5.16. The van der Waals surface area contributed by atoms with Gasteiger partial charge in [0.15, 0.2) is 0 Å². The normalized spacial score (nSPS) is 20.0. The molecule has 2 nitrogen and oxygen atoms in total. The Morgan fingerprint density at radius 3 is 2.61 bits per heavy atom. The smallest absolute Gasteiger partial charge is 0.251 e. The summed E-state index contributed by atoms with van der Waals surface area (Å²) in [6.07, 6.45) is 2.85. The summed E-state index contributed by atoms with van der Waals surface area (Å²) >= 11 is 12.3. The zero-order valence-corrected chi connectivity index (χ0v) is 14.5. The summed E-state index contributed by atoms with van der Waals surface area (Å²) in [7, 11) is 0. The lowest BCUT2D eigenvalue weighted by molar-refractivity contribution is 0.0904. The molecule has 0 saturated heterocycles. The van der Waals surface area contributed by atoms with Crippen molar-refractivity contribution in [3.05, 3.63) is 69.2 Å². The van der Waals surface area contributed by atoms with Gasteiger partial charge in [0.1, 0.15) is 0 Å². The first-order valence-electron chi connectivity index (χ1n) is 7.94. The van der Waals surface area contributed by atoms with Crippen molar-refractivity contribution in [2.45, 2.75) is 38.1 Å². The quantitative estimate of drug-likeness (QED) is 0.805. The van der Waals surface area contributed by atoms with Crippen LogP contribution < -0.4 is 5.32 Å². The fourth-order valence-corrected chi connectivity index (χ4v) is 3.69. The van der Waals surface area contributed by atoms with Crippen LogP contribution in [0.1, 0.15) is 47.2 Å². The van der Waals surface area contributed by atoms with Gasteiger partial charge in [-0.15, -0.1) is 0 Å². The second-order valence-corrected chi connectivity index (χ2v) is 6.78. The van der Waals surface area contributed by atoms with Crippen LogP contribution in [-0.2, 0) is 6.42 Å². The SMILES string of the molecule is CCc1ccccc1C(=O)NC1CCC1c1ccc(Cl)cc1Cl. The first-order chi connectivity index (χ1) is 11.1. The number of amides is 1. The maximum atomic E-state index is 12.6. The molecule has 4 heteroatoms. The van der Waals surface area contributed by atoms with E-state index >= 15 is 0 Å². The Morgan fingerprint density at radius 2 is 1.96 bits per heavy atom. The third kappa shape index (κ3) is 3.39. The van der Waals surface area contributed by atoms with Gasteiger partial charge in [0.05, 0.1) is 0 Å². The van der Waals surface area contributed by atoms with Gasteiger partial charge in [0, 0.05) is 27.6 Å². The minimum atomic E-state index is 0.00207. The van der Waals surface area contributed by atoms with E-state index in [0.717, 1.165) is 36.0 Å². The van der Waals surface area contributed by atoms with Crippen molar-refractivity contribution in [2.24, 2.45) is 0 Å². The molecule has 2 unspecified atom stereocenters. The second kappa shape index (κ2) is 6.94. The number of aryl methyl sites for hydroxylation is 1. The van der Waals surface area contributed by atoms with E-state index in [9.17, 15) is 4.79 Å². The molecule has 1 saturated carbocycles. The first kappa shape index (κ1) is 16.4. The highest BCUT2D eigenvalue weighted by Gasteiger charge is 2.34. The van der Waals surface area contributed by atoms with E-state index in [1.54, 1.807) is 6.07 Å². The molecule has 23 heavy (non-hydrogen) atoms. The van der Waals surface area contributed by atoms with E-state index in [1.165, 1.54) is 0 Å². The van der Waals surface area contributed by atoms with E-state index in [4.69, 9.17) is 23.2 Å². The number of carbonyl (C=O) groups is 1. The van der Waals surface area contributed by atoms with Crippen molar-refractivity contribution in [3.8, 4) is 0 Å². The molecule has 120 valence electrons. The van der Waals surface area contributed by atoms with Crippen LogP contribution >= 0.6 is 23.2 Å². The molecule has 1 N–H and O–H groups in total. The van der Waals surface area contributed by atoms with Crippen LogP contribution in [0.5, 0.6) is 0 Å². The summed E-state index contributed by atoms with van der Waals surface area (Å²) in [4.78, 5) is 12.6. The predicted molar refractivity (Wildman–Crippen MR) is 95.5 cm³/mol. The van der Waals surface area contributed by atoms with Crippen molar-refractivity contribution in [3.63, 3.8) is 0 Å². The van der Waals surface area contributed by atoms with Crippen LogP contribution in [0.25, 0.3) is 0 Å². The second-order valence-electron chi connectivity index (χ2n) is 5.94. The van der Waals surface area contributed by atoms with E-state index < -0.39 is 0 Å². The van der Waals surface area contributed by atoms with Gasteiger partial charge < -0.3 is 5.32 Å². The fraction of sp³-hybridized carbons (Fsp3) is 0.316. The molecule has 1 amide bonds. The van der Waals surface area contributed by atoms with Crippen molar-refractivity contribution >= 4 is 29.1 Å². The monoisotopic (exact) mass is 347 g/mol. The highest BCUT2D eigenvalue weighted by Crippen LogP contribution is 2.41. The summed E-state index contributed by atoms with van der Waals surface area (Å²) in [5.74, 6) is 0.264. The Bertz CT molecular complexity index is 729. The lowest BCUT2D eigenvalue weighted by Crippen LogP contribution is -2.45. The lowest BCUT2D eigenvalue weighted by Gasteiger charge is -2.38. The molecular formula is C19H19Cl2NO. The number of nitrogens with one attached hydrogen (secondary N) is 1. The van der Waals surface area contributed by atoms with E-state index in [-0.39, 0.29) is 17.9 Å². The zero-order valence-electron chi connectivity index (χ0n) is 13.0. The highest BCUT2D eigenvalue weighted by molar-refractivity contribution is 6.35. The topological polar surface area (TPSA) is 29.1 Å². The molecule has 0 spiro atoms. The van der Waals surface area contributed by atoms with Gasteiger partial charge in [-0.2, -0.15) is 0 Å². The number of carbonyl (C=O) groups excluding carboxylic acids is 1. The first-order valence-corrected chi connectivity index (χ1v) is 8.69. The fourth-order valence-electron chi connectivity index (χ4n) is 3.14. The minimum Gasteiger partial charge on any atom is -0.349 e. The third-order valence-electron chi connectivity index (χ3n) is 4.60. The van der Waals surface area contributed by atoms with Crippen molar-refractivity contribution < 1.29 is 4.79 Å². The molecule has 2 aromatic rings. The van der Waals surface area contributed by atoms with Gasteiger partial charge in [-0.25, -0.2) is 0 Å². The molecule has 1 aliphatic carbocycles. The Kier molecular flexibility index (Phi) is 4.93. The number of benzene rings is 2. The molecule has 0 aromatic heterocycles. The molecule has 1 fully saturated rings.